The number of hydrogen-bond donors (Lipinski definition) is 3. The van der Waals surface area contributed by atoms with Gasteiger partial charge in [0.25, 0.3) is 0 Å². The highest BCUT2D eigenvalue weighted by Gasteiger charge is 2.17. The van der Waals surface area contributed by atoms with E-state index in [9.17, 15) is 14.3 Å². The minimum Gasteiger partial charge on any atom is -0.508 e. The monoisotopic (exact) mass is 268 g/mol. The van der Waals surface area contributed by atoms with Crippen LogP contribution in [0.1, 0.15) is 25.8 Å². The molecule has 0 aliphatic rings. The molecule has 19 heavy (non-hydrogen) atoms. The predicted octanol–water partition coefficient (Wildman–Crippen LogP) is 1.78. The molecule has 1 rings (SSSR count). The van der Waals surface area contributed by atoms with Crippen molar-refractivity contribution in [2.75, 3.05) is 7.05 Å². The number of amides is 1. The van der Waals surface area contributed by atoms with E-state index in [4.69, 9.17) is 0 Å². The average Bonchev–Trinajstić information content (AvgIpc) is 2.31. The first-order chi connectivity index (χ1) is 8.92. The molecule has 1 atom stereocenters. The molecule has 5 heteroatoms. The summed E-state index contributed by atoms with van der Waals surface area (Å²) in [4.78, 5) is 11.7. The Labute approximate surface area is 113 Å². The number of nitrogens with one attached hydrogen (secondary N) is 2. The largest absolute Gasteiger partial charge is 0.508 e. The fourth-order valence-corrected chi connectivity index (χ4v) is 1.91. The summed E-state index contributed by atoms with van der Waals surface area (Å²) < 4.78 is 13.1. The van der Waals surface area contributed by atoms with Crippen molar-refractivity contribution >= 4 is 5.91 Å². The Morgan fingerprint density at radius 2 is 2.05 bits per heavy atom. The van der Waals surface area contributed by atoms with E-state index in [0.717, 1.165) is 6.07 Å². The third kappa shape index (κ3) is 5.26. The van der Waals surface area contributed by atoms with E-state index in [1.54, 1.807) is 7.05 Å². The summed E-state index contributed by atoms with van der Waals surface area (Å²) in [6, 6.07) is 3.54. The summed E-state index contributed by atoms with van der Waals surface area (Å²) in [5.41, 5.74) is 0.607. The van der Waals surface area contributed by atoms with Gasteiger partial charge in [0.15, 0.2) is 0 Å². The zero-order valence-corrected chi connectivity index (χ0v) is 11.5. The molecule has 0 saturated heterocycles. The van der Waals surface area contributed by atoms with Gasteiger partial charge in [0.1, 0.15) is 11.6 Å². The summed E-state index contributed by atoms with van der Waals surface area (Å²) in [5, 5.41) is 15.0. The van der Waals surface area contributed by atoms with Gasteiger partial charge in [0.2, 0.25) is 5.91 Å². The number of rotatable bonds is 6. The number of aromatic hydroxyl groups is 1. The Morgan fingerprint density at radius 1 is 1.37 bits per heavy atom. The van der Waals surface area contributed by atoms with Crippen LogP contribution in [0.25, 0.3) is 0 Å². The molecule has 0 aliphatic carbocycles. The van der Waals surface area contributed by atoms with E-state index in [0.29, 0.717) is 24.4 Å². The van der Waals surface area contributed by atoms with Gasteiger partial charge in [-0.2, -0.15) is 0 Å². The Hall–Kier alpha value is -1.62. The van der Waals surface area contributed by atoms with E-state index in [-0.39, 0.29) is 17.7 Å². The van der Waals surface area contributed by atoms with Crippen molar-refractivity contribution in [1.82, 2.24) is 10.6 Å². The average molecular weight is 268 g/mol. The third-order valence-corrected chi connectivity index (χ3v) is 2.76. The Kier molecular flexibility index (Phi) is 5.76. The number of carbonyl (C=O) groups excluding carboxylic acids is 1. The first-order valence-corrected chi connectivity index (χ1v) is 6.35. The lowest BCUT2D eigenvalue weighted by Gasteiger charge is -2.19. The molecule has 3 N–H and O–H groups in total. The number of hydrogen-bond acceptors (Lipinski definition) is 3. The standard InChI is InChI=1S/C14H21FN2O2/c1-9(2)4-13(14(19)16-3)17-8-10-5-11(15)7-12(18)6-10/h5-7,9,13,17-18H,4,8H2,1-3H3,(H,16,19). The van der Waals surface area contributed by atoms with Gasteiger partial charge in [-0.1, -0.05) is 13.8 Å². The van der Waals surface area contributed by atoms with Crippen LogP contribution in [0.4, 0.5) is 4.39 Å². The van der Waals surface area contributed by atoms with Crippen molar-refractivity contribution in [3.63, 3.8) is 0 Å². The zero-order chi connectivity index (χ0) is 14.4. The van der Waals surface area contributed by atoms with Crippen molar-refractivity contribution in [1.29, 1.82) is 0 Å². The van der Waals surface area contributed by atoms with Crippen molar-refractivity contribution in [2.45, 2.75) is 32.9 Å². The number of halogens is 1. The highest BCUT2D eigenvalue weighted by Crippen LogP contribution is 2.15. The zero-order valence-electron chi connectivity index (χ0n) is 11.5. The van der Waals surface area contributed by atoms with Crippen LogP contribution in [0.15, 0.2) is 18.2 Å². The molecular formula is C14H21FN2O2. The van der Waals surface area contributed by atoms with Crippen LogP contribution in [-0.4, -0.2) is 24.1 Å². The number of benzene rings is 1. The molecule has 0 bridgehead atoms. The molecule has 0 fully saturated rings. The van der Waals surface area contributed by atoms with Gasteiger partial charge < -0.3 is 15.7 Å². The van der Waals surface area contributed by atoms with Crippen LogP contribution in [0, 0.1) is 11.7 Å². The van der Waals surface area contributed by atoms with Crippen LogP contribution in [-0.2, 0) is 11.3 Å². The first-order valence-electron chi connectivity index (χ1n) is 6.35. The van der Waals surface area contributed by atoms with Crippen LogP contribution in [0.2, 0.25) is 0 Å². The number of phenols is 1. The van der Waals surface area contributed by atoms with Gasteiger partial charge in [-0.05, 0) is 30.0 Å². The van der Waals surface area contributed by atoms with Gasteiger partial charge in [-0.15, -0.1) is 0 Å². The molecule has 0 aliphatic heterocycles. The summed E-state index contributed by atoms with van der Waals surface area (Å²) >= 11 is 0. The lowest BCUT2D eigenvalue weighted by Crippen LogP contribution is -2.43. The van der Waals surface area contributed by atoms with Gasteiger partial charge in [0, 0.05) is 19.7 Å². The molecule has 106 valence electrons. The van der Waals surface area contributed by atoms with E-state index in [1.807, 2.05) is 13.8 Å². The van der Waals surface area contributed by atoms with E-state index in [2.05, 4.69) is 10.6 Å². The fraction of sp³-hybridized carbons (Fsp3) is 0.500. The Morgan fingerprint density at radius 3 is 2.58 bits per heavy atom. The molecule has 1 aromatic carbocycles. The number of likely N-dealkylation sites (N-methyl/N-ethyl adjacent to an activating group) is 1. The van der Waals surface area contributed by atoms with E-state index >= 15 is 0 Å². The molecule has 4 nitrogen and oxygen atoms in total. The van der Waals surface area contributed by atoms with E-state index in [1.165, 1.54) is 12.1 Å². The van der Waals surface area contributed by atoms with Crippen molar-refractivity contribution in [3.8, 4) is 5.75 Å². The maximum atomic E-state index is 13.1. The lowest BCUT2D eigenvalue weighted by atomic mass is 10.0. The van der Waals surface area contributed by atoms with Crippen LogP contribution < -0.4 is 10.6 Å². The Bertz CT molecular complexity index is 415. The van der Waals surface area contributed by atoms with E-state index < -0.39 is 5.82 Å². The molecule has 0 radical (unpaired) electrons. The van der Waals surface area contributed by atoms with Gasteiger partial charge >= 0.3 is 0 Å². The molecular weight excluding hydrogens is 247 g/mol. The Balaban J connectivity index is 2.67. The second-order valence-corrected chi connectivity index (χ2v) is 4.99. The maximum absolute atomic E-state index is 13.1. The second-order valence-electron chi connectivity index (χ2n) is 4.99. The first kappa shape index (κ1) is 15.4. The van der Waals surface area contributed by atoms with Gasteiger partial charge in [-0.3, -0.25) is 4.79 Å². The maximum Gasteiger partial charge on any atom is 0.236 e. The van der Waals surface area contributed by atoms with Crippen LogP contribution >= 0.6 is 0 Å². The lowest BCUT2D eigenvalue weighted by molar-refractivity contribution is -0.123. The quantitative estimate of drug-likeness (QED) is 0.737. The molecule has 0 saturated carbocycles. The topological polar surface area (TPSA) is 61.4 Å². The van der Waals surface area contributed by atoms with Gasteiger partial charge in [-0.25, -0.2) is 4.39 Å². The molecule has 1 amide bonds. The SMILES string of the molecule is CNC(=O)C(CC(C)C)NCc1cc(O)cc(F)c1. The highest BCUT2D eigenvalue weighted by atomic mass is 19.1. The van der Waals surface area contributed by atoms with Gasteiger partial charge in [0.05, 0.1) is 6.04 Å². The van der Waals surface area contributed by atoms with Crippen LogP contribution in [0.5, 0.6) is 5.75 Å². The molecule has 0 spiro atoms. The van der Waals surface area contributed by atoms with Crippen LogP contribution in [0.3, 0.4) is 0 Å². The fourth-order valence-electron chi connectivity index (χ4n) is 1.91. The minimum absolute atomic E-state index is 0.0886. The number of phenolic OH excluding ortho intramolecular Hbond substituents is 1. The van der Waals surface area contributed by atoms with Crippen molar-refractivity contribution < 1.29 is 14.3 Å². The summed E-state index contributed by atoms with van der Waals surface area (Å²) in [5.74, 6) is -0.320. The molecule has 1 aromatic rings. The summed E-state index contributed by atoms with van der Waals surface area (Å²) in [6.45, 7) is 4.40. The predicted molar refractivity (Wildman–Crippen MR) is 72.2 cm³/mol. The van der Waals surface area contributed by atoms with Crippen molar-refractivity contribution in [2.24, 2.45) is 5.92 Å². The molecule has 0 aromatic heterocycles. The summed E-state index contributed by atoms with van der Waals surface area (Å²) in [6.07, 6.45) is 0.695. The third-order valence-electron chi connectivity index (χ3n) is 2.76. The second kappa shape index (κ2) is 7.09. The molecule has 1 unspecified atom stereocenters. The number of carbonyl (C=O) groups is 1. The highest BCUT2D eigenvalue weighted by molar-refractivity contribution is 5.81. The summed E-state index contributed by atoms with van der Waals surface area (Å²) in [7, 11) is 1.59. The van der Waals surface area contributed by atoms with Crippen molar-refractivity contribution in [3.05, 3.63) is 29.6 Å². The molecule has 0 heterocycles. The normalized spacial score (nSPS) is 12.5. The minimum atomic E-state index is -0.489. The smallest absolute Gasteiger partial charge is 0.236 e.